The molecule has 0 aromatic carbocycles. The Morgan fingerprint density at radius 1 is 1.00 bits per heavy atom. The topological polar surface area (TPSA) is 109 Å². The maximum atomic E-state index is 9.53. The summed E-state index contributed by atoms with van der Waals surface area (Å²) < 4.78 is 20.1. The lowest BCUT2D eigenvalue weighted by atomic mass is 10.4. The molecule has 0 amide bonds. The first-order valence-electron chi connectivity index (χ1n) is 8.86. The van der Waals surface area contributed by atoms with Crippen LogP contribution >= 0.6 is 0 Å². The number of hydrogen-bond acceptors (Lipinski definition) is 6. The summed E-state index contributed by atoms with van der Waals surface area (Å²) in [6, 6.07) is 6.05. The average molecular weight is 400 g/mol. The summed E-state index contributed by atoms with van der Waals surface area (Å²) in [5, 5.41) is 17.2. The predicted octanol–water partition coefficient (Wildman–Crippen LogP) is 0.890. The van der Waals surface area contributed by atoms with Crippen molar-refractivity contribution in [2.45, 2.75) is 39.8 Å². The maximum absolute atomic E-state index is 9.53. The second kappa shape index (κ2) is 14.0. The van der Waals surface area contributed by atoms with Gasteiger partial charge in [-0.05, 0) is 26.8 Å². The molecule has 1 unspecified atom stereocenters. The van der Waals surface area contributed by atoms with Gasteiger partial charge in [-0.25, -0.2) is 4.79 Å². The van der Waals surface area contributed by atoms with E-state index in [1.54, 1.807) is 0 Å². The zero-order valence-corrected chi connectivity index (χ0v) is 17.3. The lowest BCUT2D eigenvalue weighted by Gasteiger charge is -2.31. The Morgan fingerprint density at radius 3 is 1.78 bits per heavy atom. The summed E-state index contributed by atoms with van der Waals surface area (Å²) >= 11 is 0. The molecular formula is C18H29NO7Si. The molecule has 0 aliphatic heterocycles. The Kier molecular flexibility index (Phi) is 13.0. The van der Waals surface area contributed by atoms with Gasteiger partial charge in [-0.3, -0.25) is 0 Å². The van der Waals surface area contributed by atoms with Crippen LogP contribution < -0.4 is 9.67 Å². The fraction of sp³-hybridized carbons (Fsp3) is 0.500. The van der Waals surface area contributed by atoms with Crippen molar-refractivity contribution in [3.05, 3.63) is 42.7 Å². The smallest absolute Gasteiger partial charge is 0.545 e. The van der Waals surface area contributed by atoms with E-state index in [4.69, 9.17) is 18.4 Å². The van der Waals surface area contributed by atoms with Crippen LogP contribution in [0.25, 0.3) is 0 Å². The van der Waals surface area contributed by atoms with Crippen LogP contribution in [0.3, 0.4) is 0 Å². The lowest BCUT2D eigenvalue weighted by molar-refractivity contribution is -0.710. The van der Waals surface area contributed by atoms with Gasteiger partial charge >= 0.3 is 14.8 Å². The molecule has 0 fully saturated rings. The maximum Gasteiger partial charge on any atom is 0.573 e. The Morgan fingerprint density at radius 2 is 1.48 bits per heavy atom. The molecule has 1 N–H and O–H groups in total. The van der Waals surface area contributed by atoms with Crippen LogP contribution in [-0.4, -0.2) is 45.7 Å². The van der Waals surface area contributed by atoms with Crippen LogP contribution in [0.2, 0.25) is 0 Å². The monoisotopic (exact) mass is 399 g/mol. The van der Waals surface area contributed by atoms with Crippen LogP contribution in [0.4, 0.5) is 0 Å². The van der Waals surface area contributed by atoms with E-state index in [9.17, 15) is 14.7 Å². The number of nitrogens with zero attached hydrogens (tertiary/aromatic N) is 1. The van der Waals surface area contributed by atoms with E-state index in [1.807, 2.05) is 51.4 Å². The van der Waals surface area contributed by atoms with E-state index in [-0.39, 0.29) is 5.67 Å². The third kappa shape index (κ3) is 9.43. The Hall–Kier alpha value is -2.07. The number of hydrogen-bond donors (Lipinski definition) is 1. The molecule has 0 saturated carbocycles. The molecule has 9 heteroatoms. The summed E-state index contributed by atoms with van der Waals surface area (Å²) in [6.45, 7) is 9.93. The number of carboxylic acids is 2. The lowest BCUT2D eigenvalue weighted by Crippen LogP contribution is -2.62. The molecule has 0 bridgehead atoms. The van der Waals surface area contributed by atoms with Gasteiger partial charge < -0.3 is 28.3 Å². The van der Waals surface area contributed by atoms with E-state index < -0.39 is 20.7 Å². The number of rotatable bonds is 11. The molecular weight excluding hydrogens is 370 g/mol. The highest BCUT2D eigenvalue weighted by Gasteiger charge is 2.54. The Labute approximate surface area is 161 Å². The van der Waals surface area contributed by atoms with Gasteiger partial charge in [-0.2, -0.15) is 4.57 Å². The van der Waals surface area contributed by atoms with E-state index in [1.165, 1.54) is 0 Å². The minimum Gasteiger partial charge on any atom is -0.545 e. The normalized spacial score (nSPS) is 12.3. The number of carboxylic acid groups (broad SMARTS) is 2. The number of aliphatic carboxylic acids is 2. The van der Waals surface area contributed by atoms with Crippen molar-refractivity contribution in [3.8, 4) is 0 Å². The minimum absolute atomic E-state index is 0.119. The van der Waals surface area contributed by atoms with Crippen molar-refractivity contribution in [3.63, 3.8) is 0 Å². The molecule has 27 heavy (non-hydrogen) atoms. The molecule has 1 atom stereocenters. The van der Waals surface area contributed by atoms with Gasteiger partial charge in [-0.1, -0.05) is 13.0 Å². The minimum atomic E-state index is -2.70. The molecule has 0 aliphatic carbocycles. The Balaban J connectivity index is 0.000000713. The first-order chi connectivity index (χ1) is 12.9. The highest BCUT2D eigenvalue weighted by molar-refractivity contribution is 6.61. The Bertz CT molecular complexity index is 547. The molecule has 8 nitrogen and oxygen atoms in total. The van der Waals surface area contributed by atoms with Gasteiger partial charge in [-0.15, -0.1) is 0 Å². The molecule has 152 valence electrons. The van der Waals surface area contributed by atoms with Crippen molar-refractivity contribution < 1.29 is 37.6 Å². The standard InChI is InChI=1S/C14H26NO3Si.C4H4O4/c1-5-14(15-12-10-9-11-13-15)19(16-6-2,17-7-3)18-8-4;5-3(6)1-2-4(7)8/h9-14H,5-8H2,1-4H3;1-2H,(H,5,6)(H,7,8)/q+1;/p-1. The largest absolute Gasteiger partial charge is 0.573 e. The summed E-state index contributed by atoms with van der Waals surface area (Å²) in [4.78, 5) is 19.0. The van der Waals surface area contributed by atoms with E-state index in [0.717, 1.165) is 6.42 Å². The van der Waals surface area contributed by atoms with Crippen LogP contribution in [0.5, 0.6) is 0 Å². The fourth-order valence-electron chi connectivity index (χ4n) is 2.42. The van der Waals surface area contributed by atoms with Gasteiger partial charge in [0.15, 0.2) is 12.4 Å². The summed E-state index contributed by atoms with van der Waals surface area (Å²) in [5.41, 5.74) is 0.119. The molecule has 0 spiro atoms. The van der Waals surface area contributed by atoms with Gasteiger partial charge in [0.25, 0.3) is 0 Å². The fourth-order valence-corrected chi connectivity index (χ4v) is 5.49. The average Bonchev–Trinajstić information content (AvgIpc) is 2.63. The van der Waals surface area contributed by atoms with E-state index in [0.29, 0.717) is 32.0 Å². The van der Waals surface area contributed by atoms with Gasteiger partial charge in [0.05, 0.1) is 5.97 Å². The van der Waals surface area contributed by atoms with Gasteiger partial charge in [0.2, 0.25) is 5.67 Å². The summed E-state index contributed by atoms with van der Waals surface area (Å²) in [6.07, 6.45) is 5.96. The highest BCUT2D eigenvalue weighted by Crippen LogP contribution is 2.24. The molecule has 1 rings (SSSR count). The molecule has 0 aliphatic rings. The van der Waals surface area contributed by atoms with Gasteiger partial charge in [0, 0.05) is 44.5 Å². The SMILES string of the molecule is CCO[Si](OCC)(OCC)C(CC)[n+]1ccccc1.O=C([O-])C=CC(=O)O. The van der Waals surface area contributed by atoms with Crippen molar-refractivity contribution >= 4 is 20.7 Å². The second-order valence-corrected chi connectivity index (χ2v) is 7.88. The summed E-state index contributed by atoms with van der Waals surface area (Å²) in [5.74, 6) is -2.80. The number of pyridine rings is 1. The van der Waals surface area contributed by atoms with Crippen molar-refractivity contribution in [1.29, 1.82) is 0 Å². The molecule has 0 radical (unpaired) electrons. The summed E-state index contributed by atoms with van der Waals surface area (Å²) in [7, 11) is -2.70. The van der Waals surface area contributed by atoms with Gasteiger partial charge in [0.1, 0.15) is 0 Å². The number of carbonyl (C=O) groups excluding carboxylic acids is 1. The van der Waals surface area contributed by atoms with Crippen LogP contribution in [-0.2, 0) is 22.9 Å². The van der Waals surface area contributed by atoms with Crippen LogP contribution in [0.15, 0.2) is 42.7 Å². The second-order valence-electron chi connectivity index (χ2n) is 5.14. The quantitative estimate of drug-likeness (QED) is 0.334. The third-order valence-corrected chi connectivity index (χ3v) is 6.89. The first kappa shape index (κ1) is 24.9. The molecule has 1 aromatic rings. The van der Waals surface area contributed by atoms with E-state index in [2.05, 4.69) is 11.5 Å². The van der Waals surface area contributed by atoms with Crippen molar-refractivity contribution in [2.24, 2.45) is 0 Å². The van der Waals surface area contributed by atoms with Crippen molar-refractivity contribution in [1.82, 2.24) is 0 Å². The molecule has 0 saturated heterocycles. The number of carbonyl (C=O) groups is 2. The predicted molar refractivity (Wildman–Crippen MR) is 98.4 cm³/mol. The van der Waals surface area contributed by atoms with E-state index >= 15 is 0 Å². The van der Waals surface area contributed by atoms with Crippen LogP contribution in [0, 0.1) is 0 Å². The zero-order valence-electron chi connectivity index (χ0n) is 16.3. The van der Waals surface area contributed by atoms with Crippen molar-refractivity contribution in [2.75, 3.05) is 19.8 Å². The van der Waals surface area contributed by atoms with Crippen LogP contribution in [0.1, 0.15) is 39.8 Å². The first-order valence-corrected chi connectivity index (χ1v) is 10.7. The highest BCUT2D eigenvalue weighted by atomic mass is 28.4. The number of aromatic nitrogens is 1. The zero-order chi connectivity index (χ0) is 20.7. The third-order valence-electron chi connectivity index (χ3n) is 3.29. The molecule has 1 aromatic heterocycles. The molecule has 1 heterocycles.